The van der Waals surface area contributed by atoms with Gasteiger partial charge in [0.2, 0.25) is 5.91 Å². The lowest BCUT2D eigenvalue weighted by molar-refractivity contribution is -0.131. The highest BCUT2D eigenvalue weighted by molar-refractivity contribution is 9.09. The van der Waals surface area contributed by atoms with Crippen molar-refractivity contribution in [3.05, 3.63) is 65.7 Å². The number of aliphatic carboxylic acids is 1. The Morgan fingerprint density at radius 3 is 2.55 bits per heavy atom. The van der Waals surface area contributed by atoms with Crippen LogP contribution < -0.4 is 5.32 Å². The Bertz CT molecular complexity index is 798. The van der Waals surface area contributed by atoms with Crippen LogP contribution in [0.2, 0.25) is 0 Å². The van der Waals surface area contributed by atoms with Gasteiger partial charge in [0.25, 0.3) is 0 Å². The molecule has 4 nitrogen and oxygen atoms in total. The molecule has 0 spiro atoms. The van der Waals surface area contributed by atoms with E-state index in [9.17, 15) is 9.59 Å². The van der Waals surface area contributed by atoms with Gasteiger partial charge in [-0.2, -0.15) is 0 Å². The zero-order valence-corrected chi connectivity index (χ0v) is 13.0. The number of anilines is 1. The largest absolute Gasteiger partial charge is 0.478 e. The topological polar surface area (TPSA) is 66.4 Å². The summed E-state index contributed by atoms with van der Waals surface area (Å²) in [6.07, 6.45) is 1.81. The third-order valence-electron chi connectivity index (χ3n) is 3.49. The maximum atomic E-state index is 11.6. The van der Waals surface area contributed by atoms with Gasteiger partial charge in [0.05, 0.1) is 4.83 Å². The maximum absolute atomic E-state index is 11.6. The summed E-state index contributed by atoms with van der Waals surface area (Å²) < 4.78 is 0. The fraction of sp³-hybridized carbons (Fsp3) is 0.0588. The summed E-state index contributed by atoms with van der Waals surface area (Å²) in [5.41, 5.74) is 5.24. The summed E-state index contributed by atoms with van der Waals surface area (Å²) in [4.78, 5) is 22.1. The van der Waals surface area contributed by atoms with Crippen molar-refractivity contribution in [3.63, 3.8) is 0 Å². The molecule has 0 unspecified atom stereocenters. The van der Waals surface area contributed by atoms with Crippen molar-refractivity contribution in [2.24, 2.45) is 0 Å². The molecule has 0 heterocycles. The fourth-order valence-corrected chi connectivity index (χ4v) is 3.34. The van der Waals surface area contributed by atoms with Crippen molar-refractivity contribution >= 4 is 33.5 Å². The molecule has 0 aromatic heterocycles. The van der Waals surface area contributed by atoms with Crippen LogP contribution in [0.3, 0.4) is 0 Å². The molecule has 22 heavy (non-hydrogen) atoms. The van der Waals surface area contributed by atoms with Crippen molar-refractivity contribution < 1.29 is 14.7 Å². The Hall–Kier alpha value is -2.40. The maximum Gasteiger partial charge on any atom is 0.328 e. The van der Waals surface area contributed by atoms with Crippen LogP contribution in [0.4, 0.5) is 5.69 Å². The van der Waals surface area contributed by atoms with Gasteiger partial charge >= 0.3 is 5.97 Å². The summed E-state index contributed by atoms with van der Waals surface area (Å²) in [5.74, 6) is -1.62. The second-order valence-electron chi connectivity index (χ2n) is 4.91. The summed E-state index contributed by atoms with van der Waals surface area (Å²) in [6.45, 7) is 0. The third-order valence-corrected chi connectivity index (χ3v) is 4.48. The van der Waals surface area contributed by atoms with Gasteiger partial charge in [-0.15, -0.1) is 0 Å². The lowest BCUT2D eigenvalue weighted by atomic mass is 10.1. The molecule has 1 aliphatic carbocycles. The van der Waals surface area contributed by atoms with Crippen molar-refractivity contribution in [1.82, 2.24) is 0 Å². The molecule has 2 aromatic carbocycles. The third kappa shape index (κ3) is 2.67. The zero-order chi connectivity index (χ0) is 15.7. The minimum atomic E-state index is -1.15. The molecule has 0 saturated heterocycles. The first kappa shape index (κ1) is 14.5. The number of hydrogen-bond acceptors (Lipinski definition) is 2. The number of alkyl halides is 1. The number of fused-ring (bicyclic) bond motifs is 3. The first-order valence-corrected chi connectivity index (χ1v) is 7.57. The lowest BCUT2D eigenvalue weighted by Crippen LogP contribution is -2.08. The molecule has 2 N–H and O–H groups in total. The average molecular weight is 358 g/mol. The minimum Gasteiger partial charge on any atom is -0.478 e. The van der Waals surface area contributed by atoms with Crippen LogP contribution in [0.25, 0.3) is 11.1 Å². The van der Waals surface area contributed by atoms with E-state index in [0.29, 0.717) is 5.69 Å². The number of hydrogen-bond donors (Lipinski definition) is 2. The Morgan fingerprint density at radius 2 is 1.77 bits per heavy atom. The number of amides is 1. The summed E-state index contributed by atoms with van der Waals surface area (Å²) in [7, 11) is 0. The first-order chi connectivity index (χ1) is 10.6. The molecular formula is C17H12BrNO3. The molecule has 1 atom stereocenters. The Labute approximate surface area is 135 Å². The van der Waals surface area contributed by atoms with Gasteiger partial charge < -0.3 is 10.4 Å². The fourth-order valence-electron chi connectivity index (χ4n) is 2.56. The zero-order valence-electron chi connectivity index (χ0n) is 11.4. The molecule has 0 bridgehead atoms. The summed E-state index contributed by atoms with van der Waals surface area (Å²) in [6, 6.07) is 13.8. The van der Waals surface area contributed by atoms with Crippen molar-refractivity contribution in [2.75, 3.05) is 5.32 Å². The molecule has 5 heteroatoms. The molecular weight excluding hydrogens is 346 g/mol. The van der Waals surface area contributed by atoms with E-state index in [2.05, 4.69) is 33.4 Å². The highest BCUT2D eigenvalue weighted by Crippen LogP contribution is 2.48. The lowest BCUT2D eigenvalue weighted by Gasteiger charge is -2.08. The minimum absolute atomic E-state index is 0.0881. The number of carbonyl (C=O) groups is 2. The van der Waals surface area contributed by atoms with Crippen molar-refractivity contribution in [1.29, 1.82) is 0 Å². The van der Waals surface area contributed by atoms with Crippen LogP contribution in [0.5, 0.6) is 0 Å². The quantitative estimate of drug-likeness (QED) is 0.649. The van der Waals surface area contributed by atoms with Gasteiger partial charge in [-0.1, -0.05) is 46.3 Å². The van der Waals surface area contributed by atoms with E-state index in [-0.39, 0.29) is 4.83 Å². The first-order valence-electron chi connectivity index (χ1n) is 6.65. The van der Waals surface area contributed by atoms with Crippen LogP contribution in [-0.2, 0) is 9.59 Å². The molecule has 110 valence electrons. The molecule has 1 amide bonds. The van der Waals surface area contributed by atoms with E-state index in [1.165, 1.54) is 11.1 Å². The molecule has 0 fully saturated rings. The highest BCUT2D eigenvalue weighted by atomic mass is 79.9. The molecule has 0 aliphatic heterocycles. The summed E-state index contributed by atoms with van der Waals surface area (Å²) in [5, 5.41) is 11.2. The van der Waals surface area contributed by atoms with E-state index in [1.54, 1.807) is 0 Å². The Morgan fingerprint density at radius 1 is 1.05 bits per heavy atom. The van der Waals surface area contributed by atoms with E-state index >= 15 is 0 Å². The van der Waals surface area contributed by atoms with E-state index in [1.807, 2.05) is 30.3 Å². The Kier molecular flexibility index (Phi) is 3.81. The van der Waals surface area contributed by atoms with E-state index in [4.69, 9.17) is 5.11 Å². The molecule has 2 aromatic rings. The number of benzene rings is 2. The number of carboxylic acid groups (broad SMARTS) is 1. The van der Waals surface area contributed by atoms with Gasteiger partial charge in [0, 0.05) is 17.8 Å². The second-order valence-corrected chi connectivity index (χ2v) is 5.83. The van der Waals surface area contributed by atoms with Gasteiger partial charge in [0.1, 0.15) is 0 Å². The molecule has 0 saturated carbocycles. The SMILES string of the molecule is O=C(O)/C=C\C(=O)Nc1ccc2c(c1)[C@H](Br)c1ccccc1-2. The smallest absolute Gasteiger partial charge is 0.328 e. The predicted molar refractivity (Wildman–Crippen MR) is 88.1 cm³/mol. The molecule has 3 rings (SSSR count). The van der Waals surface area contributed by atoms with Crippen LogP contribution in [0.1, 0.15) is 16.0 Å². The van der Waals surface area contributed by atoms with E-state index < -0.39 is 11.9 Å². The van der Waals surface area contributed by atoms with Crippen molar-refractivity contribution in [3.8, 4) is 11.1 Å². The van der Waals surface area contributed by atoms with Crippen LogP contribution in [0.15, 0.2) is 54.6 Å². The monoisotopic (exact) mass is 357 g/mol. The van der Waals surface area contributed by atoms with Crippen LogP contribution in [-0.4, -0.2) is 17.0 Å². The number of halogens is 1. The van der Waals surface area contributed by atoms with Gasteiger partial charge in [-0.05, 0) is 34.4 Å². The van der Waals surface area contributed by atoms with E-state index in [0.717, 1.165) is 23.3 Å². The number of nitrogens with one attached hydrogen (secondary N) is 1. The predicted octanol–water partition coefficient (Wildman–Crippen LogP) is 3.73. The van der Waals surface area contributed by atoms with Gasteiger partial charge in [-0.25, -0.2) is 4.79 Å². The average Bonchev–Trinajstić information content (AvgIpc) is 2.79. The summed E-state index contributed by atoms with van der Waals surface area (Å²) >= 11 is 3.68. The normalized spacial score (nSPS) is 15.4. The van der Waals surface area contributed by atoms with Crippen LogP contribution >= 0.6 is 15.9 Å². The number of carbonyl (C=O) groups excluding carboxylic acids is 1. The number of rotatable bonds is 3. The van der Waals surface area contributed by atoms with Crippen molar-refractivity contribution in [2.45, 2.75) is 4.83 Å². The van der Waals surface area contributed by atoms with Gasteiger partial charge in [0.15, 0.2) is 0 Å². The van der Waals surface area contributed by atoms with Crippen LogP contribution in [0, 0.1) is 0 Å². The van der Waals surface area contributed by atoms with Gasteiger partial charge in [-0.3, -0.25) is 4.79 Å². The Balaban J connectivity index is 1.87. The highest BCUT2D eigenvalue weighted by Gasteiger charge is 2.26. The molecule has 0 radical (unpaired) electrons. The standard InChI is InChI=1S/C17H12BrNO3/c18-17-13-4-2-1-3-11(13)12-6-5-10(9-14(12)17)19-15(20)7-8-16(21)22/h1-9,17H,(H,19,20)(H,21,22)/b8-7-/t17-/m1/s1. The number of carboxylic acids is 1. The second kappa shape index (κ2) is 5.77. The molecule has 1 aliphatic rings.